The van der Waals surface area contributed by atoms with Crippen LogP contribution in [0, 0.1) is 0 Å². The van der Waals surface area contributed by atoms with Crippen molar-refractivity contribution in [2.45, 2.75) is 57.9 Å². The van der Waals surface area contributed by atoms with Gasteiger partial charge in [0, 0.05) is 13.1 Å². The number of aliphatic imine (C=N–C) groups is 2. The molecule has 10 heteroatoms. The van der Waals surface area contributed by atoms with Crippen LogP contribution in [0.15, 0.2) is 29.0 Å². The topological polar surface area (TPSA) is 139 Å². The maximum Gasteiger partial charge on any atom is 0.423 e. The number of aromatic amines is 1. The van der Waals surface area contributed by atoms with Crippen molar-refractivity contribution in [2.24, 2.45) is 15.0 Å². The molecule has 0 fully saturated rings. The molecule has 0 spiro atoms. The Morgan fingerprint density at radius 3 is 1.96 bits per heavy atom. The molecule has 1 aromatic rings. The normalized spacial score (nSPS) is 11.0. The van der Waals surface area contributed by atoms with E-state index in [0.29, 0.717) is 32.6 Å². The van der Waals surface area contributed by atoms with E-state index < -0.39 is 11.4 Å². The lowest BCUT2D eigenvalue weighted by molar-refractivity contribution is 0.342. The largest absolute Gasteiger partial charge is 0.423 e. The van der Waals surface area contributed by atoms with Gasteiger partial charge in [0.1, 0.15) is 0 Å². The van der Waals surface area contributed by atoms with Crippen molar-refractivity contribution in [1.29, 1.82) is 0 Å². The number of rotatable bonds is 14. The van der Waals surface area contributed by atoms with Gasteiger partial charge in [-0.15, -0.1) is 0 Å². The van der Waals surface area contributed by atoms with Crippen LogP contribution >= 0.6 is 0 Å². The van der Waals surface area contributed by atoms with Crippen molar-refractivity contribution in [3.63, 3.8) is 0 Å². The molecular weight excluding hydrogens is 354 g/mol. The zero-order valence-corrected chi connectivity index (χ0v) is 15.3. The maximum absolute atomic E-state index is 12.0. The Morgan fingerprint density at radius 1 is 0.815 bits per heavy atom. The van der Waals surface area contributed by atoms with Crippen LogP contribution in [0.25, 0.3) is 0 Å². The third-order valence-electron chi connectivity index (χ3n) is 3.82. The standard InChI is InChI=1S/C17H25N5O5/c23-13-18-9-5-1-2-7-11-20-16-22(15(25)21-17(26)27-16)12-8-4-3-6-10-19-14-24/h1-12H2,(H,21,25,26). The molecule has 0 atom stereocenters. The molecule has 1 N–H and O–H groups in total. The highest BCUT2D eigenvalue weighted by Gasteiger charge is 2.03. The fourth-order valence-corrected chi connectivity index (χ4v) is 2.46. The number of hydrogen-bond donors (Lipinski definition) is 1. The fourth-order valence-electron chi connectivity index (χ4n) is 2.46. The molecule has 0 aliphatic heterocycles. The van der Waals surface area contributed by atoms with Gasteiger partial charge in [0.15, 0.2) is 0 Å². The molecule has 0 radical (unpaired) electrons. The van der Waals surface area contributed by atoms with Crippen molar-refractivity contribution in [1.82, 2.24) is 9.55 Å². The van der Waals surface area contributed by atoms with E-state index in [-0.39, 0.29) is 5.68 Å². The number of nitrogens with zero attached hydrogens (tertiary/aromatic N) is 4. The highest BCUT2D eigenvalue weighted by atomic mass is 16.4. The van der Waals surface area contributed by atoms with Gasteiger partial charge in [-0.3, -0.25) is 0 Å². The van der Waals surface area contributed by atoms with Gasteiger partial charge in [0.25, 0.3) is 0 Å². The molecule has 1 heterocycles. The number of carbonyl (C=O) groups excluding carboxylic acids is 2. The molecule has 0 aliphatic carbocycles. The van der Waals surface area contributed by atoms with Crippen LogP contribution < -0.4 is 17.1 Å². The first-order valence-electron chi connectivity index (χ1n) is 9.11. The number of aromatic nitrogens is 2. The molecule has 0 aromatic carbocycles. The van der Waals surface area contributed by atoms with Gasteiger partial charge in [0.2, 0.25) is 12.2 Å². The van der Waals surface area contributed by atoms with Gasteiger partial charge in [-0.25, -0.2) is 43.7 Å². The third-order valence-corrected chi connectivity index (χ3v) is 3.82. The van der Waals surface area contributed by atoms with E-state index in [2.05, 4.69) is 20.0 Å². The molecule has 1 aromatic heterocycles. The van der Waals surface area contributed by atoms with E-state index in [1.54, 1.807) is 0 Å². The SMILES string of the molecule is O=C=NCCCCCCN=c1oc(=O)[nH]c(=O)n1CCCCCCN=C=O. The zero-order valence-electron chi connectivity index (χ0n) is 15.3. The Bertz CT molecular complexity index is 825. The molecule has 0 saturated heterocycles. The summed E-state index contributed by atoms with van der Waals surface area (Å²) >= 11 is 0. The second kappa shape index (κ2) is 14.4. The van der Waals surface area contributed by atoms with E-state index in [0.717, 1.165) is 44.9 Å². The molecule has 0 aliphatic rings. The minimum Gasteiger partial charge on any atom is -0.375 e. The Morgan fingerprint density at radius 2 is 1.37 bits per heavy atom. The van der Waals surface area contributed by atoms with Crippen molar-refractivity contribution >= 4 is 12.2 Å². The quantitative estimate of drug-likeness (QED) is 0.290. The molecule has 0 saturated carbocycles. The predicted molar refractivity (Wildman–Crippen MR) is 96.9 cm³/mol. The summed E-state index contributed by atoms with van der Waals surface area (Å²) in [6.07, 6.45) is 9.62. The van der Waals surface area contributed by atoms with E-state index in [1.165, 1.54) is 16.7 Å². The monoisotopic (exact) mass is 379 g/mol. The minimum absolute atomic E-state index is 0.0276. The van der Waals surface area contributed by atoms with Gasteiger partial charge in [-0.2, -0.15) is 0 Å². The van der Waals surface area contributed by atoms with Gasteiger partial charge in [-0.1, -0.05) is 25.7 Å². The van der Waals surface area contributed by atoms with Gasteiger partial charge < -0.3 is 4.42 Å². The van der Waals surface area contributed by atoms with Crippen molar-refractivity contribution in [2.75, 3.05) is 19.6 Å². The number of nitrogens with one attached hydrogen (secondary N) is 1. The molecule has 0 unspecified atom stereocenters. The van der Waals surface area contributed by atoms with E-state index in [9.17, 15) is 19.2 Å². The Labute approximate surface area is 155 Å². The van der Waals surface area contributed by atoms with E-state index in [4.69, 9.17) is 4.42 Å². The molecule has 1 rings (SSSR count). The first kappa shape index (κ1) is 22.2. The first-order chi connectivity index (χ1) is 13.2. The highest BCUT2D eigenvalue weighted by Crippen LogP contribution is 2.01. The zero-order chi connectivity index (χ0) is 19.7. The minimum atomic E-state index is -0.826. The van der Waals surface area contributed by atoms with Crippen LogP contribution in [0.4, 0.5) is 0 Å². The van der Waals surface area contributed by atoms with Gasteiger partial charge in [-0.05, 0) is 25.7 Å². The number of H-pyrrole nitrogens is 1. The van der Waals surface area contributed by atoms with Crippen LogP contribution in [0.1, 0.15) is 51.4 Å². The first-order valence-corrected chi connectivity index (χ1v) is 9.11. The third kappa shape index (κ3) is 10.0. The Hall–Kier alpha value is -2.83. The summed E-state index contributed by atoms with van der Waals surface area (Å²) in [5.74, 6) is -0.826. The average Bonchev–Trinajstić information content (AvgIpc) is 2.64. The Balaban J connectivity index is 2.52. The van der Waals surface area contributed by atoms with Crippen LogP contribution in [-0.4, -0.2) is 41.3 Å². The fraction of sp³-hybridized carbons (Fsp3) is 0.706. The van der Waals surface area contributed by atoms with Crippen LogP contribution in [0.2, 0.25) is 0 Å². The van der Waals surface area contributed by atoms with Gasteiger partial charge >= 0.3 is 17.1 Å². The number of unbranched alkanes of at least 4 members (excludes halogenated alkanes) is 6. The van der Waals surface area contributed by atoms with E-state index >= 15 is 0 Å². The summed E-state index contributed by atoms with van der Waals surface area (Å²) in [6.45, 7) is 1.76. The summed E-state index contributed by atoms with van der Waals surface area (Å²) in [5.41, 5.74) is -0.512. The van der Waals surface area contributed by atoms with Crippen LogP contribution in [0.5, 0.6) is 0 Å². The molecule has 0 amide bonds. The second-order valence-electron chi connectivity index (χ2n) is 5.91. The molecular formula is C17H25N5O5. The Kier molecular flexibility index (Phi) is 11.8. The summed E-state index contributed by atoms with van der Waals surface area (Å²) in [6, 6.07) is 0. The summed E-state index contributed by atoms with van der Waals surface area (Å²) in [4.78, 5) is 56.6. The summed E-state index contributed by atoms with van der Waals surface area (Å²) < 4.78 is 6.35. The number of isocyanates is 2. The lowest BCUT2D eigenvalue weighted by Crippen LogP contribution is -2.40. The predicted octanol–water partition coefficient (Wildman–Crippen LogP) is 0.823. The van der Waals surface area contributed by atoms with Crippen molar-refractivity contribution < 1.29 is 14.0 Å². The van der Waals surface area contributed by atoms with Crippen molar-refractivity contribution in [3.8, 4) is 0 Å². The molecule has 148 valence electrons. The molecule has 27 heavy (non-hydrogen) atoms. The van der Waals surface area contributed by atoms with Crippen LogP contribution in [0.3, 0.4) is 0 Å². The van der Waals surface area contributed by atoms with Gasteiger partial charge in [0.05, 0.1) is 13.1 Å². The lowest BCUT2D eigenvalue weighted by Gasteiger charge is -2.04. The molecule has 0 bridgehead atoms. The molecule has 10 nitrogen and oxygen atoms in total. The highest BCUT2D eigenvalue weighted by molar-refractivity contribution is 5.32. The second-order valence-corrected chi connectivity index (χ2v) is 5.91. The lowest BCUT2D eigenvalue weighted by atomic mass is 10.2. The summed E-state index contributed by atoms with van der Waals surface area (Å²) in [7, 11) is 0. The van der Waals surface area contributed by atoms with E-state index in [1.807, 2.05) is 0 Å². The smallest absolute Gasteiger partial charge is 0.375 e. The maximum atomic E-state index is 12.0. The van der Waals surface area contributed by atoms with Crippen LogP contribution in [-0.2, 0) is 16.1 Å². The van der Waals surface area contributed by atoms with Crippen molar-refractivity contribution in [3.05, 3.63) is 26.7 Å². The average molecular weight is 379 g/mol. The summed E-state index contributed by atoms with van der Waals surface area (Å²) in [5, 5.41) is 0. The number of hydrogen-bond acceptors (Lipinski definition) is 8.